The average molecular weight is 306 g/mol. The maximum atomic E-state index is 12.0. The Bertz CT molecular complexity index is 970. The van der Waals surface area contributed by atoms with Gasteiger partial charge < -0.3 is 9.15 Å². The molecule has 3 aromatic rings. The number of esters is 1. The molecular weight excluding hydrogens is 292 g/mol. The monoisotopic (exact) mass is 306 g/mol. The van der Waals surface area contributed by atoms with E-state index in [1.165, 1.54) is 6.07 Å². The van der Waals surface area contributed by atoms with E-state index in [-0.39, 0.29) is 18.3 Å². The number of rotatable bonds is 1. The van der Waals surface area contributed by atoms with E-state index in [0.717, 1.165) is 22.1 Å². The highest BCUT2D eigenvalue weighted by Crippen LogP contribution is 2.42. The van der Waals surface area contributed by atoms with E-state index < -0.39 is 5.63 Å². The summed E-state index contributed by atoms with van der Waals surface area (Å²) in [5.74, 6) is 0.0122. The molecule has 0 saturated carbocycles. The summed E-state index contributed by atoms with van der Waals surface area (Å²) in [6.45, 7) is 1.87. The average Bonchev–Trinajstić information content (AvgIpc) is 2.54. The lowest BCUT2D eigenvalue weighted by Gasteiger charge is -2.25. The zero-order chi connectivity index (χ0) is 16.0. The molecule has 23 heavy (non-hydrogen) atoms. The number of carbonyl (C=O) groups is 1. The van der Waals surface area contributed by atoms with Crippen LogP contribution in [-0.4, -0.2) is 5.97 Å². The van der Waals surface area contributed by atoms with E-state index in [1.807, 2.05) is 43.3 Å². The highest BCUT2D eigenvalue weighted by atomic mass is 16.5. The molecule has 1 aliphatic rings. The summed E-state index contributed by atoms with van der Waals surface area (Å²) in [7, 11) is 0. The van der Waals surface area contributed by atoms with Gasteiger partial charge in [0.05, 0.1) is 6.42 Å². The molecule has 114 valence electrons. The van der Waals surface area contributed by atoms with E-state index in [4.69, 9.17) is 9.15 Å². The van der Waals surface area contributed by atoms with Gasteiger partial charge in [0.1, 0.15) is 11.3 Å². The van der Waals surface area contributed by atoms with Crippen molar-refractivity contribution >= 4 is 16.9 Å². The van der Waals surface area contributed by atoms with Crippen LogP contribution in [0.1, 0.15) is 29.0 Å². The summed E-state index contributed by atoms with van der Waals surface area (Å²) in [6.07, 6.45) is 0.230. The van der Waals surface area contributed by atoms with E-state index >= 15 is 0 Å². The molecule has 1 atom stereocenters. The highest BCUT2D eigenvalue weighted by Gasteiger charge is 2.31. The molecule has 0 amide bonds. The molecule has 0 fully saturated rings. The molecule has 0 N–H and O–H groups in total. The van der Waals surface area contributed by atoms with E-state index in [0.29, 0.717) is 11.3 Å². The van der Waals surface area contributed by atoms with Gasteiger partial charge in [0.25, 0.3) is 0 Å². The maximum absolute atomic E-state index is 12.0. The van der Waals surface area contributed by atoms with Gasteiger partial charge in [-0.2, -0.15) is 0 Å². The molecular formula is C19H14O4. The molecule has 2 heterocycles. The topological polar surface area (TPSA) is 56.5 Å². The van der Waals surface area contributed by atoms with Gasteiger partial charge in [-0.25, -0.2) is 4.79 Å². The lowest BCUT2D eigenvalue weighted by atomic mass is 9.85. The second kappa shape index (κ2) is 5.09. The molecule has 2 aromatic carbocycles. The summed E-state index contributed by atoms with van der Waals surface area (Å²) < 4.78 is 10.9. The number of hydrogen-bond acceptors (Lipinski definition) is 4. The van der Waals surface area contributed by atoms with Crippen LogP contribution in [0.2, 0.25) is 0 Å². The Morgan fingerprint density at radius 1 is 1.04 bits per heavy atom. The Kier molecular flexibility index (Phi) is 3.05. The van der Waals surface area contributed by atoms with Crippen molar-refractivity contribution in [2.45, 2.75) is 19.3 Å². The number of aryl methyl sites for hydroxylation is 1. The number of ether oxygens (including phenoxy) is 1. The van der Waals surface area contributed by atoms with Crippen LogP contribution in [0.15, 0.2) is 57.7 Å². The first kappa shape index (κ1) is 13.8. The lowest BCUT2D eigenvalue weighted by molar-refractivity contribution is -0.135. The zero-order valence-electron chi connectivity index (χ0n) is 12.5. The van der Waals surface area contributed by atoms with Crippen LogP contribution in [0.25, 0.3) is 11.0 Å². The van der Waals surface area contributed by atoms with Crippen molar-refractivity contribution in [1.82, 2.24) is 0 Å². The standard InChI is InChI=1S/C19H14O4/c1-11-9-16(20)23-19-13(11)7-8-15-18(19)14(10-17(21)22-15)12-5-3-2-4-6-12/h2-9,14H,10H2,1H3. The molecule has 4 heteroatoms. The van der Waals surface area contributed by atoms with Crippen LogP contribution in [0, 0.1) is 6.92 Å². The molecule has 1 unspecified atom stereocenters. The van der Waals surface area contributed by atoms with Crippen LogP contribution in [0.4, 0.5) is 0 Å². The molecule has 1 aromatic heterocycles. The molecule has 0 aliphatic carbocycles. The molecule has 0 spiro atoms. The zero-order valence-corrected chi connectivity index (χ0v) is 12.5. The van der Waals surface area contributed by atoms with Crippen molar-refractivity contribution in [3.8, 4) is 5.75 Å². The van der Waals surface area contributed by atoms with Gasteiger partial charge in [-0.1, -0.05) is 30.3 Å². The summed E-state index contributed by atoms with van der Waals surface area (Å²) in [5, 5.41) is 0.863. The first-order valence-corrected chi connectivity index (χ1v) is 7.46. The van der Waals surface area contributed by atoms with Crippen molar-refractivity contribution in [3.05, 3.63) is 75.6 Å². The second-order valence-corrected chi connectivity index (χ2v) is 5.74. The predicted molar refractivity (Wildman–Crippen MR) is 85.8 cm³/mol. The fourth-order valence-electron chi connectivity index (χ4n) is 3.21. The first-order chi connectivity index (χ1) is 11.1. The SMILES string of the molecule is Cc1cc(=O)oc2c3c(ccc12)OC(=O)CC3c1ccccc1. The van der Waals surface area contributed by atoms with Crippen LogP contribution in [0.3, 0.4) is 0 Å². The molecule has 1 aliphatic heterocycles. The van der Waals surface area contributed by atoms with Gasteiger partial charge in [-0.05, 0) is 30.2 Å². The summed E-state index contributed by atoms with van der Waals surface area (Å²) in [4.78, 5) is 23.8. The molecule has 4 nitrogen and oxygen atoms in total. The van der Waals surface area contributed by atoms with Gasteiger partial charge >= 0.3 is 11.6 Å². The smallest absolute Gasteiger partial charge is 0.336 e. The van der Waals surface area contributed by atoms with Crippen molar-refractivity contribution in [2.24, 2.45) is 0 Å². The van der Waals surface area contributed by atoms with Gasteiger partial charge in [0, 0.05) is 22.9 Å². The third kappa shape index (κ3) is 2.23. The van der Waals surface area contributed by atoms with Crippen LogP contribution >= 0.6 is 0 Å². The molecule has 0 bridgehead atoms. The quantitative estimate of drug-likeness (QED) is 0.392. The van der Waals surface area contributed by atoms with Crippen LogP contribution in [0.5, 0.6) is 5.75 Å². The van der Waals surface area contributed by atoms with E-state index in [9.17, 15) is 9.59 Å². The fraction of sp³-hybridized carbons (Fsp3) is 0.158. The largest absolute Gasteiger partial charge is 0.426 e. The number of carbonyl (C=O) groups excluding carboxylic acids is 1. The minimum atomic E-state index is -0.396. The first-order valence-electron chi connectivity index (χ1n) is 7.46. The van der Waals surface area contributed by atoms with Gasteiger partial charge in [-0.3, -0.25) is 4.79 Å². The van der Waals surface area contributed by atoms with Crippen LogP contribution < -0.4 is 10.4 Å². The Morgan fingerprint density at radius 2 is 1.83 bits per heavy atom. The third-order valence-electron chi connectivity index (χ3n) is 4.26. The number of fused-ring (bicyclic) bond motifs is 3. The molecule has 0 radical (unpaired) electrons. The molecule has 4 rings (SSSR count). The lowest BCUT2D eigenvalue weighted by Crippen LogP contribution is -2.21. The Morgan fingerprint density at radius 3 is 2.61 bits per heavy atom. The van der Waals surface area contributed by atoms with Gasteiger partial charge in [-0.15, -0.1) is 0 Å². The maximum Gasteiger partial charge on any atom is 0.336 e. The summed E-state index contributed by atoms with van der Waals surface area (Å²) in [5.41, 5.74) is 2.74. The van der Waals surface area contributed by atoms with Crippen LogP contribution in [-0.2, 0) is 4.79 Å². The third-order valence-corrected chi connectivity index (χ3v) is 4.26. The summed E-state index contributed by atoms with van der Waals surface area (Å²) in [6, 6.07) is 14.8. The fourth-order valence-corrected chi connectivity index (χ4v) is 3.21. The van der Waals surface area contributed by atoms with Crippen molar-refractivity contribution < 1.29 is 13.9 Å². The Balaban J connectivity index is 2.06. The Labute approximate surface area is 132 Å². The van der Waals surface area contributed by atoms with E-state index in [1.54, 1.807) is 6.07 Å². The highest BCUT2D eigenvalue weighted by molar-refractivity contribution is 5.89. The minimum absolute atomic E-state index is 0.180. The minimum Gasteiger partial charge on any atom is -0.426 e. The number of hydrogen-bond donors (Lipinski definition) is 0. The van der Waals surface area contributed by atoms with Crippen molar-refractivity contribution in [3.63, 3.8) is 0 Å². The second-order valence-electron chi connectivity index (χ2n) is 5.74. The van der Waals surface area contributed by atoms with Crippen molar-refractivity contribution in [2.75, 3.05) is 0 Å². The van der Waals surface area contributed by atoms with Gasteiger partial charge in [0.2, 0.25) is 0 Å². The molecule has 0 saturated heterocycles. The Hall–Kier alpha value is -2.88. The van der Waals surface area contributed by atoms with Gasteiger partial charge in [0.15, 0.2) is 0 Å². The normalized spacial score (nSPS) is 16.9. The van der Waals surface area contributed by atoms with Crippen molar-refractivity contribution in [1.29, 1.82) is 0 Å². The van der Waals surface area contributed by atoms with E-state index in [2.05, 4.69) is 0 Å². The predicted octanol–water partition coefficient (Wildman–Crippen LogP) is 3.54. The summed E-state index contributed by atoms with van der Waals surface area (Å²) >= 11 is 0. The number of benzene rings is 2.